The Balaban J connectivity index is 3.09. The lowest BCUT2D eigenvalue weighted by Gasteiger charge is -2.02. The van der Waals surface area contributed by atoms with Gasteiger partial charge in [-0.2, -0.15) is 0 Å². The van der Waals surface area contributed by atoms with Gasteiger partial charge in [-0.25, -0.2) is 4.39 Å². The van der Waals surface area contributed by atoms with Crippen molar-refractivity contribution < 1.29 is 13.4 Å². The monoisotopic (exact) mass is 181 g/mol. The van der Waals surface area contributed by atoms with E-state index in [1.807, 2.05) is 0 Å². The van der Waals surface area contributed by atoms with Crippen LogP contribution in [0.2, 0.25) is 5.02 Å². The highest BCUT2D eigenvalue weighted by Gasteiger charge is 2.09. The number of halogens is 4. The van der Waals surface area contributed by atoms with E-state index >= 15 is 0 Å². The van der Waals surface area contributed by atoms with E-state index in [0.717, 1.165) is 12.1 Å². The van der Waals surface area contributed by atoms with Gasteiger partial charge in [0.05, 0.1) is 0 Å². The van der Waals surface area contributed by atoms with Gasteiger partial charge in [0.25, 0.3) is 0 Å². The minimum absolute atomic E-state index is 0.0908. The molecule has 0 aliphatic rings. The largest absolute Gasteiger partial charge is 0.204 e. The summed E-state index contributed by atoms with van der Waals surface area (Å²) in [4.78, 5) is 0. The first kappa shape index (κ1) is 8.20. The summed E-state index contributed by atoms with van der Waals surface area (Å²) >= 11 is 5.32. The van der Waals surface area contributed by atoms with E-state index in [1.54, 1.807) is 0 Å². The van der Waals surface area contributed by atoms with Gasteiger partial charge in [-0.1, -0.05) is 20.6 Å². The molecule has 0 spiro atoms. The second kappa shape index (κ2) is 3.00. The Labute approximate surface area is 65.9 Å². The van der Waals surface area contributed by atoms with Gasteiger partial charge < -0.3 is 0 Å². The van der Waals surface area contributed by atoms with Crippen LogP contribution in [0, 0.1) is 5.82 Å². The standard InChI is InChI=1S/C6H3ClF3N/c7-4-1-2-6(11(9)10)5(8)3-4/h1-3H. The molecule has 0 heterocycles. The van der Waals surface area contributed by atoms with Crippen LogP contribution in [0.1, 0.15) is 0 Å². The van der Waals surface area contributed by atoms with E-state index in [4.69, 9.17) is 11.6 Å². The van der Waals surface area contributed by atoms with Gasteiger partial charge >= 0.3 is 0 Å². The molecule has 0 aliphatic heterocycles. The summed E-state index contributed by atoms with van der Waals surface area (Å²) in [5.74, 6) is -1.04. The van der Waals surface area contributed by atoms with Crippen molar-refractivity contribution in [3.05, 3.63) is 29.0 Å². The maximum absolute atomic E-state index is 12.5. The Hall–Kier alpha value is -0.900. The summed E-state index contributed by atoms with van der Waals surface area (Å²) < 4.78 is 35.9. The lowest BCUT2D eigenvalue weighted by Crippen LogP contribution is -1.98. The molecule has 1 nitrogen and oxygen atoms in total. The van der Waals surface area contributed by atoms with Gasteiger partial charge in [0, 0.05) is 5.02 Å². The number of nitrogens with zero attached hydrogens (tertiary/aromatic N) is 1. The summed E-state index contributed by atoms with van der Waals surface area (Å²) in [5, 5.41) is -1.21. The molecule has 0 aliphatic carbocycles. The van der Waals surface area contributed by atoms with Crippen molar-refractivity contribution >= 4 is 17.3 Å². The molecule has 0 unspecified atom stereocenters. The zero-order chi connectivity index (χ0) is 8.43. The Kier molecular flexibility index (Phi) is 2.24. The maximum Gasteiger partial charge on any atom is 0.153 e. The van der Waals surface area contributed by atoms with Gasteiger partial charge in [-0.3, -0.25) is 0 Å². The third kappa shape index (κ3) is 1.77. The zero-order valence-electron chi connectivity index (χ0n) is 5.19. The average Bonchev–Trinajstić information content (AvgIpc) is 1.85. The number of anilines is 1. The molecule has 1 rings (SSSR count). The minimum Gasteiger partial charge on any atom is -0.204 e. The Bertz CT molecular complexity index is 264. The topological polar surface area (TPSA) is 3.24 Å². The van der Waals surface area contributed by atoms with E-state index in [9.17, 15) is 13.4 Å². The molecule has 0 radical (unpaired) electrons. The van der Waals surface area contributed by atoms with Crippen LogP contribution in [0.5, 0.6) is 0 Å². The Morgan fingerprint density at radius 3 is 2.36 bits per heavy atom. The van der Waals surface area contributed by atoms with Gasteiger partial charge in [0.1, 0.15) is 5.69 Å². The molecular formula is C6H3ClF3N. The lowest BCUT2D eigenvalue weighted by molar-refractivity contribution is 0.231. The number of benzene rings is 1. The zero-order valence-corrected chi connectivity index (χ0v) is 5.95. The van der Waals surface area contributed by atoms with Gasteiger partial charge in [-0.15, -0.1) is 0 Å². The van der Waals surface area contributed by atoms with Crippen LogP contribution in [0.25, 0.3) is 0 Å². The first-order chi connectivity index (χ1) is 5.11. The van der Waals surface area contributed by atoms with E-state index in [2.05, 4.69) is 0 Å². The molecule has 0 saturated heterocycles. The third-order valence-corrected chi connectivity index (χ3v) is 1.33. The Morgan fingerprint density at radius 1 is 1.27 bits per heavy atom. The fourth-order valence-electron chi connectivity index (χ4n) is 0.618. The second-order valence-corrected chi connectivity index (χ2v) is 2.27. The van der Waals surface area contributed by atoms with Crippen LogP contribution < -0.4 is 5.34 Å². The second-order valence-electron chi connectivity index (χ2n) is 1.83. The molecule has 0 atom stereocenters. The van der Waals surface area contributed by atoms with Crippen molar-refractivity contribution in [2.24, 2.45) is 0 Å². The molecule has 60 valence electrons. The fraction of sp³-hybridized carbons (Fsp3) is 0. The van der Waals surface area contributed by atoms with E-state index in [1.165, 1.54) is 6.07 Å². The van der Waals surface area contributed by atoms with Crippen molar-refractivity contribution in [1.29, 1.82) is 0 Å². The maximum atomic E-state index is 12.5. The molecule has 11 heavy (non-hydrogen) atoms. The van der Waals surface area contributed by atoms with Crippen molar-refractivity contribution in [1.82, 2.24) is 0 Å². The van der Waals surface area contributed by atoms with Crippen molar-refractivity contribution in [3.8, 4) is 0 Å². The van der Waals surface area contributed by atoms with Gasteiger partial charge in [0.15, 0.2) is 5.82 Å². The van der Waals surface area contributed by atoms with E-state index in [-0.39, 0.29) is 5.02 Å². The first-order valence-corrected chi connectivity index (χ1v) is 3.06. The summed E-state index contributed by atoms with van der Waals surface area (Å²) in [7, 11) is 0. The fourth-order valence-corrected chi connectivity index (χ4v) is 0.777. The van der Waals surface area contributed by atoms with Gasteiger partial charge in [-0.05, 0) is 23.5 Å². The van der Waals surface area contributed by atoms with Crippen LogP contribution in [-0.4, -0.2) is 0 Å². The van der Waals surface area contributed by atoms with Crippen molar-refractivity contribution in [3.63, 3.8) is 0 Å². The average molecular weight is 182 g/mol. The summed E-state index contributed by atoms with van der Waals surface area (Å²) in [6, 6.07) is 2.91. The van der Waals surface area contributed by atoms with Crippen molar-refractivity contribution in [2.75, 3.05) is 5.34 Å². The Morgan fingerprint density at radius 2 is 1.91 bits per heavy atom. The smallest absolute Gasteiger partial charge is 0.153 e. The molecule has 0 bridgehead atoms. The van der Waals surface area contributed by atoms with Crippen LogP contribution >= 0.6 is 11.6 Å². The highest BCUT2D eigenvalue weighted by atomic mass is 35.5. The quantitative estimate of drug-likeness (QED) is 0.602. The number of hydrogen-bond donors (Lipinski definition) is 0. The minimum atomic E-state index is -1.30. The predicted molar refractivity (Wildman–Crippen MR) is 36.1 cm³/mol. The number of hydrogen-bond acceptors (Lipinski definition) is 1. The van der Waals surface area contributed by atoms with Crippen LogP contribution in [0.15, 0.2) is 18.2 Å². The van der Waals surface area contributed by atoms with Crippen molar-refractivity contribution in [2.45, 2.75) is 0 Å². The van der Waals surface area contributed by atoms with E-state index in [0.29, 0.717) is 0 Å². The van der Waals surface area contributed by atoms with Crippen LogP contribution in [0.3, 0.4) is 0 Å². The SMILES string of the molecule is Fc1cc(Cl)ccc1N(F)F. The molecule has 0 amide bonds. The number of rotatable bonds is 1. The molecule has 0 fully saturated rings. The molecule has 0 aromatic heterocycles. The summed E-state index contributed by atoms with van der Waals surface area (Å²) in [6.45, 7) is 0. The molecule has 0 N–H and O–H groups in total. The van der Waals surface area contributed by atoms with E-state index < -0.39 is 16.8 Å². The molecule has 1 aromatic rings. The molecular weight excluding hydrogens is 179 g/mol. The predicted octanol–water partition coefficient (Wildman–Crippen LogP) is 3.05. The lowest BCUT2D eigenvalue weighted by atomic mass is 10.3. The van der Waals surface area contributed by atoms with Crippen LogP contribution in [0.4, 0.5) is 19.0 Å². The highest BCUT2D eigenvalue weighted by molar-refractivity contribution is 6.30. The molecule has 5 heteroatoms. The normalized spacial score (nSPS) is 9.82. The molecule has 0 saturated carbocycles. The first-order valence-electron chi connectivity index (χ1n) is 2.68. The van der Waals surface area contributed by atoms with Crippen LogP contribution in [-0.2, 0) is 0 Å². The summed E-state index contributed by atoms with van der Waals surface area (Å²) in [5.41, 5.74) is -0.783. The summed E-state index contributed by atoms with van der Waals surface area (Å²) in [6.07, 6.45) is 0. The third-order valence-electron chi connectivity index (χ3n) is 1.09. The molecule has 1 aromatic carbocycles. The van der Waals surface area contributed by atoms with Gasteiger partial charge in [0.2, 0.25) is 0 Å². The highest BCUT2D eigenvalue weighted by Crippen LogP contribution is 2.22.